The van der Waals surface area contributed by atoms with E-state index in [1.54, 1.807) is 18.3 Å². The number of carbonyl (C=O) groups is 1. The number of alkyl halides is 3. The highest BCUT2D eigenvalue weighted by atomic mass is 19.4. The monoisotopic (exact) mass is 393 g/mol. The number of nitrogens with one attached hydrogen (secondary N) is 1. The summed E-state index contributed by atoms with van der Waals surface area (Å²) in [6.45, 7) is 1.85. The molecule has 1 amide bonds. The van der Waals surface area contributed by atoms with Crippen molar-refractivity contribution in [2.45, 2.75) is 51.2 Å². The minimum atomic E-state index is -4.59. The Morgan fingerprint density at radius 3 is 2.57 bits per heavy atom. The SMILES string of the molecule is Cc1ccc(NC(=O)[C@H](CC2CCCC2)n2cc(C(F)(F)F)ccc2=O)nc1. The van der Waals surface area contributed by atoms with Crippen LogP contribution in [0.25, 0.3) is 0 Å². The van der Waals surface area contributed by atoms with Crippen LogP contribution in [-0.2, 0) is 11.0 Å². The number of pyridine rings is 2. The van der Waals surface area contributed by atoms with Crippen LogP contribution in [0, 0.1) is 12.8 Å². The molecule has 1 atom stereocenters. The maximum Gasteiger partial charge on any atom is 0.417 e. The van der Waals surface area contributed by atoms with E-state index in [1.165, 1.54) is 0 Å². The molecule has 0 bridgehead atoms. The zero-order chi connectivity index (χ0) is 20.3. The Morgan fingerprint density at radius 1 is 1.25 bits per heavy atom. The molecule has 3 rings (SSSR count). The number of anilines is 1. The third kappa shape index (κ3) is 4.79. The number of carbonyl (C=O) groups excluding carboxylic acids is 1. The van der Waals surface area contributed by atoms with Crippen LogP contribution in [0.15, 0.2) is 41.5 Å². The van der Waals surface area contributed by atoms with Gasteiger partial charge in [0.25, 0.3) is 5.56 Å². The van der Waals surface area contributed by atoms with Crippen molar-refractivity contribution in [1.29, 1.82) is 0 Å². The molecule has 5 nitrogen and oxygen atoms in total. The highest BCUT2D eigenvalue weighted by molar-refractivity contribution is 5.92. The van der Waals surface area contributed by atoms with E-state index >= 15 is 0 Å². The van der Waals surface area contributed by atoms with Crippen LogP contribution >= 0.6 is 0 Å². The van der Waals surface area contributed by atoms with Gasteiger partial charge >= 0.3 is 6.18 Å². The van der Waals surface area contributed by atoms with Gasteiger partial charge in [-0.3, -0.25) is 9.59 Å². The highest BCUT2D eigenvalue weighted by Gasteiger charge is 2.33. The van der Waals surface area contributed by atoms with E-state index in [0.717, 1.165) is 54.1 Å². The summed E-state index contributed by atoms with van der Waals surface area (Å²) in [5.74, 6) is -0.0418. The van der Waals surface area contributed by atoms with E-state index < -0.39 is 29.2 Å². The second-order valence-corrected chi connectivity index (χ2v) is 7.27. The van der Waals surface area contributed by atoms with Crippen LogP contribution in [0.1, 0.15) is 49.3 Å². The van der Waals surface area contributed by atoms with Gasteiger partial charge in [0.05, 0.1) is 5.56 Å². The molecule has 1 aliphatic rings. The summed E-state index contributed by atoms with van der Waals surface area (Å²) in [7, 11) is 0. The lowest BCUT2D eigenvalue weighted by molar-refractivity contribution is -0.138. The van der Waals surface area contributed by atoms with Crippen molar-refractivity contribution in [3.8, 4) is 0 Å². The molecule has 28 heavy (non-hydrogen) atoms. The lowest BCUT2D eigenvalue weighted by atomic mass is 9.97. The molecule has 1 saturated carbocycles. The Balaban J connectivity index is 1.93. The number of rotatable bonds is 5. The Hall–Kier alpha value is -2.64. The third-order valence-corrected chi connectivity index (χ3v) is 5.10. The second kappa shape index (κ2) is 8.16. The molecule has 1 aliphatic carbocycles. The molecule has 0 unspecified atom stereocenters. The lowest BCUT2D eigenvalue weighted by Gasteiger charge is -2.23. The molecule has 2 heterocycles. The Bertz CT molecular complexity index is 885. The summed E-state index contributed by atoms with van der Waals surface area (Å²) < 4.78 is 40.3. The average molecular weight is 393 g/mol. The Morgan fingerprint density at radius 2 is 1.96 bits per heavy atom. The standard InChI is InChI=1S/C20H22F3N3O2/c1-13-6-8-17(24-11-13)25-19(28)16(10-14-4-2-3-5-14)26-12-15(20(21,22)23)7-9-18(26)27/h6-9,11-12,14,16H,2-5,10H2,1H3,(H,24,25,28)/t16-/m0/s1. The minimum Gasteiger partial charge on any atom is -0.309 e. The first-order valence-corrected chi connectivity index (χ1v) is 9.27. The summed E-state index contributed by atoms with van der Waals surface area (Å²) in [6.07, 6.45) is 1.90. The van der Waals surface area contributed by atoms with Crippen molar-refractivity contribution in [2.75, 3.05) is 5.32 Å². The zero-order valence-corrected chi connectivity index (χ0v) is 15.5. The second-order valence-electron chi connectivity index (χ2n) is 7.27. The van der Waals surface area contributed by atoms with Gasteiger partial charge in [-0.2, -0.15) is 13.2 Å². The van der Waals surface area contributed by atoms with Crippen LogP contribution in [-0.4, -0.2) is 15.5 Å². The van der Waals surface area contributed by atoms with Gasteiger partial charge in [0.2, 0.25) is 5.91 Å². The zero-order valence-electron chi connectivity index (χ0n) is 15.5. The largest absolute Gasteiger partial charge is 0.417 e. The van der Waals surface area contributed by atoms with Crippen LogP contribution < -0.4 is 10.9 Å². The number of hydrogen-bond acceptors (Lipinski definition) is 3. The smallest absolute Gasteiger partial charge is 0.309 e. The van der Waals surface area contributed by atoms with Gasteiger partial charge in [0.1, 0.15) is 11.9 Å². The van der Waals surface area contributed by atoms with Crippen molar-refractivity contribution >= 4 is 11.7 Å². The fourth-order valence-electron chi connectivity index (χ4n) is 3.57. The van der Waals surface area contributed by atoms with E-state index in [2.05, 4.69) is 10.3 Å². The van der Waals surface area contributed by atoms with Gasteiger partial charge < -0.3 is 9.88 Å². The van der Waals surface area contributed by atoms with Crippen molar-refractivity contribution in [3.05, 3.63) is 58.1 Å². The molecule has 1 N–H and O–H groups in total. The molecular formula is C20H22F3N3O2. The molecular weight excluding hydrogens is 371 g/mol. The summed E-state index contributed by atoms with van der Waals surface area (Å²) in [5.41, 5.74) is -0.678. The average Bonchev–Trinajstić information content (AvgIpc) is 3.14. The van der Waals surface area contributed by atoms with E-state index in [0.29, 0.717) is 12.2 Å². The molecule has 0 aromatic carbocycles. The fraction of sp³-hybridized carbons (Fsp3) is 0.450. The quantitative estimate of drug-likeness (QED) is 0.822. The van der Waals surface area contributed by atoms with E-state index in [-0.39, 0.29) is 5.92 Å². The molecule has 2 aromatic rings. The van der Waals surface area contributed by atoms with Crippen LogP contribution in [0.4, 0.5) is 19.0 Å². The molecule has 0 radical (unpaired) electrons. The fourth-order valence-corrected chi connectivity index (χ4v) is 3.57. The van der Waals surface area contributed by atoms with Gasteiger partial charge in [0, 0.05) is 18.5 Å². The Kier molecular flexibility index (Phi) is 5.86. The first-order valence-electron chi connectivity index (χ1n) is 9.27. The molecule has 1 fully saturated rings. The maximum absolute atomic E-state index is 13.1. The summed E-state index contributed by atoms with van der Waals surface area (Å²) >= 11 is 0. The highest BCUT2D eigenvalue weighted by Crippen LogP contribution is 2.33. The number of halogens is 3. The van der Waals surface area contributed by atoms with Gasteiger partial charge in [-0.25, -0.2) is 4.98 Å². The normalized spacial score (nSPS) is 16.1. The topological polar surface area (TPSA) is 64.0 Å². The van der Waals surface area contributed by atoms with Gasteiger partial charge in [0.15, 0.2) is 0 Å². The van der Waals surface area contributed by atoms with Crippen molar-refractivity contribution in [3.63, 3.8) is 0 Å². The Labute approximate surface area is 160 Å². The van der Waals surface area contributed by atoms with Gasteiger partial charge in [-0.15, -0.1) is 0 Å². The number of aryl methyl sites for hydroxylation is 1. The lowest BCUT2D eigenvalue weighted by Crippen LogP contribution is -2.35. The third-order valence-electron chi connectivity index (χ3n) is 5.10. The van der Waals surface area contributed by atoms with Gasteiger partial charge in [-0.05, 0) is 37.0 Å². The van der Waals surface area contributed by atoms with E-state index in [9.17, 15) is 22.8 Å². The van der Waals surface area contributed by atoms with Gasteiger partial charge in [-0.1, -0.05) is 31.7 Å². The first-order chi connectivity index (χ1) is 13.2. The number of nitrogens with zero attached hydrogens (tertiary/aromatic N) is 2. The number of amides is 1. The predicted molar refractivity (Wildman–Crippen MR) is 98.9 cm³/mol. The van der Waals surface area contributed by atoms with Crippen LogP contribution in [0.3, 0.4) is 0 Å². The molecule has 8 heteroatoms. The summed E-state index contributed by atoms with van der Waals surface area (Å²) in [5, 5.41) is 2.64. The minimum absolute atomic E-state index is 0.197. The molecule has 0 saturated heterocycles. The molecule has 150 valence electrons. The van der Waals surface area contributed by atoms with E-state index in [4.69, 9.17) is 0 Å². The van der Waals surface area contributed by atoms with Crippen molar-refractivity contribution in [2.24, 2.45) is 5.92 Å². The predicted octanol–water partition coefficient (Wildman–Crippen LogP) is 4.33. The first kappa shape index (κ1) is 20.1. The van der Waals surface area contributed by atoms with Crippen LogP contribution in [0.2, 0.25) is 0 Å². The maximum atomic E-state index is 13.1. The number of hydrogen-bond donors (Lipinski definition) is 1. The van der Waals surface area contributed by atoms with Crippen LogP contribution in [0.5, 0.6) is 0 Å². The molecule has 2 aromatic heterocycles. The summed E-state index contributed by atoms with van der Waals surface area (Å²) in [6, 6.07) is 3.97. The van der Waals surface area contributed by atoms with Crippen molar-refractivity contribution < 1.29 is 18.0 Å². The molecule has 0 spiro atoms. The molecule has 0 aliphatic heterocycles. The van der Waals surface area contributed by atoms with E-state index in [1.807, 2.05) is 6.92 Å². The number of aromatic nitrogens is 2. The van der Waals surface area contributed by atoms with Crippen molar-refractivity contribution in [1.82, 2.24) is 9.55 Å². The summed E-state index contributed by atoms with van der Waals surface area (Å²) in [4.78, 5) is 29.3.